The molecule has 1 aromatic heterocycles. The van der Waals surface area contributed by atoms with Gasteiger partial charge in [0.1, 0.15) is 5.82 Å². The van der Waals surface area contributed by atoms with Crippen LogP contribution in [0.25, 0.3) is 0 Å². The molecule has 0 aliphatic carbocycles. The second-order valence-corrected chi connectivity index (χ2v) is 4.29. The lowest BCUT2D eigenvalue weighted by Crippen LogP contribution is -2.00. The fraction of sp³-hybridized carbons (Fsp3) is 0.231. The highest BCUT2D eigenvalue weighted by Gasteiger charge is 2.10. The van der Waals surface area contributed by atoms with Gasteiger partial charge in [-0.1, -0.05) is 29.8 Å². The minimum Gasteiger partial charge on any atom is -0.240 e. The molecule has 16 heavy (non-hydrogen) atoms. The second-order valence-electron chi connectivity index (χ2n) is 3.76. The zero-order chi connectivity index (χ0) is 11.4. The molecule has 2 rings (SSSR count). The number of halogens is 1. The van der Waals surface area contributed by atoms with Gasteiger partial charge in [-0.05, 0) is 25.0 Å². The number of hydrogen-bond donors (Lipinski definition) is 0. The first kappa shape index (κ1) is 11.1. The van der Waals surface area contributed by atoms with Gasteiger partial charge in [0.2, 0.25) is 0 Å². The van der Waals surface area contributed by atoms with Crippen LogP contribution in [0, 0.1) is 6.92 Å². The summed E-state index contributed by atoms with van der Waals surface area (Å²) < 4.78 is 0. The van der Waals surface area contributed by atoms with E-state index in [4.69, 9.17) is 11.6 Å². The predicted molar refractivity (Wildman–Crippen MR) is 65.5 cm³/mol. The van der Waals surface area contributed by atoms with E-state index in [1.165, 1.54) is 11.1 Å². The SMILES string of the molecule is Cc1ccc(CC(Cl)c2ncccn2)cc1. The van der Waals surface area contributed by atoms with E-state index < -0.39 is 0 Å². The number of aryl methyl sites for hydroxylation is 1. The van der Waals surface area contributed by atoms with Gasteiger partial charge in [-0.15, -0.1) is 11.6 Å². The summed E-state index contributed by atoms with van der Waals surface area (Å²) in [4.78, 5) is 8.30. The summed E-state index contributed by atoms with van der Waals surface area (Å²) in [6.07, 6.45) is 4.19. The number of aromatic nitrogens is 2. The molecule has 1 unspecified atom stereocenters. The third kappa shape index (κ3) is 2.80. The van der Waals surface area contributed by atoms with Crippen molar-refractivity contribution in [1.82, 2.24) is 9.97 Å². The van der Waals surface area contributed by atoms with Gasteiger partial charge in [-0.2, -0.15) is 0 Å². The lowest BCUT2D eigenvalue weighted by Gasteiger charge is -2.07. The van der Waals surface area contributed by atoms with Crippen molar-refractivity contribution in [2.45, 2.75) is 18.7 Å². The van der Waals surface area contributed by atoms with Crippen LogP contribution < -0.4 is 0 Å². The zero-order valence-corrected chi connectivity index (χ0v) is 9.85. The fourth-order valence-electron chi connectivity index (χ4n) is 1.49. The highest BCUT2D eigenvalue weighted by Crippen LogP contribution is 2.21. The summed E-state index contributed by atoms with van der Waals surface area (Å²) in [5.74, 6) is 0.685. The predicted octanol–water partition coefficient (Wildman–Crippen LogP) is 3.31. The van der Waals surface area contributed by atoms with Gasteiger partial charge in [0, 0.05) is 12.4 Å². The van der Waals surface area contributed by atoms with E-state index in [1.807, 2.05) is 0 Å². The zero-order valence-electron chi connectivity index (χ0n) is 9.10. The Morgan fingerprint density at radius 3 is 2.38 bits per heavy atom. The molecule has 0 aliphatic rings. The van der Waals surface area contributed by atoms with Crippen LogP contribution in [-0.4, -0.2) is 9.97 Å². The van der Waals surface area contributed by atoms with Crippen molar-refractivity contribution >= 4 is 11.6 Å². The second kappa shape index (κ2) is 5.08. The summed E-state index contributed by atoms with van der Waals surface area (Å²) >= 11 is 6.26. The topological polar surface area (TPSA) is 25.8 Å². The van der Waals surface area contributed by atoms with E-state index in [0.29, 0.717) is 5.82 Å². The Kier molecular flexibility index (Phi) is 3.52. The highest BCUT2D eigenvalue weighted by atomic mass is 35.5. The monoisotopic (exact) mass is 232 g/mol. The summed E-state index contributed by atoms with van der Waals surface area (Å²) in [5, 5.41) is -0.163. The molecule has 82 valence electrons. The van der Waals surface area contributed by atoms with Crippen molar-refractivity contribution < 1.29 is 0 Å². The normalized spacial score (nSPS) is 12.4. The van der Waals surface area contributed by atoms with Gasteiger partial charge in [0.05, 0.1) is 5.38 Å². The van der Waals surface area contributed by atoms with Crippen molar-refractivity contribution in [2.75, 3.05) is 0 Å². The minimum absolute atomic E-state index is 0.163. The van der Waals surface area contributed by atoms with Gasteiger partial charge in [-0.25, -0.2) is 9.97 Å². The summed E-state index contributed by atoms with van der Waals surface area (Å²) in [6, 6.07) is 10.1. The van der Waals surface area contributed by atoms with E-state index in [1.54, 1.807) is 18.5 Å². The third-order valence-electron chi connectivity index (χ3n) is 2.40. The van der Waals surface area contributed by atoms with E-state index in [2.05, 4.69) is 41.2 Å². The van der Waals surface area contributed by atoms with E-state index >= 15 is 0 Å². The molecule has 1 atom stereocenters. The molecule has 3 heteroatoms. The maximum absolute atomic E-state index is 6.26. The van der Waals surface area contributed by atoms with Crippen molar-refractivity contribution in [3.63, 3.8) is 0 Å². The van der Waals surface area contributed by atoms with Gasteiger partial charge in [0.15, 0.2) is 0 Å². The average molecular weight is 233 g/mol. The molecule has 0 N–H and O–H groups in total. The van der Waals surface area contributed by atoms with Gasteiger partial charge >= 0.3 is 0 Å². The lowest BCUT2D eigenvalue weighted by molar-refractivity contribution is 0.826. The Hall–Kier alpha value is -1.41. The molecule has 2 nitrogen and oxygen atoms in total. The number of alkyl halides is 1. The Bertz CT molecular complexity index is 439. The summed E-state index contributed by atoms with van der Waals surface area (Å²) in [5.41, 5.74) is 2.46. The first-order chi connectivity index (χ1) is 7.75. The average Bonchev–Trinajstić information content (AvgIpc) is 2.33. The molecule has 0 bridgehead atoms. The maximum Gasteiger partial charge on any atom is 0.146 e. The molecule has 1 aromatic carbocycles. The summed E-state index contributed by atoms with van der Waals surface area (Å²) in [6.45, 7) is 2.07. The van der Waals surface area contributed by atoms with Crippen molar-refractivity contribution in [1.29, 1.82) is 0 Å². The van der Waals surface area contributed by atoms with E-state index in [9.17, 15) is 0 Å². The van der Waals surface area contributed by atoms with Crippen LogP contribution >= 0.6 is 11.6 Å². The Morgan fingerprint density at radius 1 is 1.12 bits per heavy atom. The molecule has 2 aromatic rings. The number of rotatable bonds is 3. The molecule has 0 saturated heterocycles. The summed E-state index contributed by atoms with van der Waals surface area (Å²) in [7, 11) is 0. The molecular weight excluding hydrogens is 220 g/mol. The van der Waals surface area contributed by atoms with Crippen LogP contribution in [0.2, 0.25) is 0 Å². The van der Waals surface area contributed by atoms with Gasteiger partial charge in [-0.3, -0.25) is 0 Å². The van der Waals surface area contributed by atoms with Gasteiger partial charge in [0.25, 0.3) is 0 Å². The smallest absolute Gasteiger partial charge is 0.146 e. The molecule has 0 radical (unpaired) electrons. The lowest BCUT2D eigenvalue weighted by atomic mass is 10.1. The molecule has 0 amide bonds. The Morgan fingerprint density at radius 2 is 1.75 bits per heavy atom. The number of benzene rings is 1. The molecule has 0 saturated carbocycles. The van der Waals surface area contributed by atoms with Crippen LogP contribution in [0.5, 0.6) is 0 Å². The van der Waals surface area contributed by atoms with Crippen molar-refractivity contribution in [3.05, 3.63) is 59.7 Å². The minimum atomic E-state index is -0.163. The molecule has 0 aliphatic heterocycles. The number of nitrogens with zero attached hydrogens (tertiary/aromatic N) is 2. The van der Waals surface area contributed by atoms with E-state index in [-0.39, 0.29) is 5.38 Å². The van der Waals surface area contributed by atoms with Crippen LogP contribution in [0.15, 0.2) is 42.7 Å². The molecular formula is C13H13ClN2. The van der Waals surface area contributed by atoms with Crippen LogP contribution in [0.3, 0.4) is 0 Å². The van der Waals surface area contributed by atoms with Crippen LogP contribution in [-0.2, 0) is 6.42 Å². The standard InChI is InChI=1S/C13H13ClN2/c1-10-3-5-11(6-4-10)9-12(14)13-15-7-2-8-16-13/h2-8,12H,9H2,1H3. The molecule has 0 fully saturated rings. The van der Waals surface area contributed by atoms with Gasteiger partial charge < -0.3 is 0 Å². The largest absolute Gasteiger partial charge is 0.240 e. The van der Waals surface area contributed by atoms with Crippen LogP contribution in [0.1, 0.15) is 22.3 Å². The first-order valence-corrected chi connectivity index (χ1v) is 5.66. The van der Waals surface area contributed by atoms with Crippen molar-refractivity contribution in [2.24, 2.45) is 0 Å². The quantitative estimate of drug-likeness (QED) is 0.759. The molecule has 0 spiro atoms. The Labute approximate surface area is 100 Å². The molecule has 1 heterocycles. The van der Waals surface area contributed by atoms with Crippen LogP contribution in [0.4, 0.5) is 0 Å². The first-order valence-electron chi connectivity index (χ1n) is 5.22. The Balaban J connectivity index is 2.08. The third-order valence-corrected chi connectivity index (χ3v) is 2.75. The van der Waals surface area contributed by atoms with E-state index in [0.717, 1.165) is 6.42 Å². The fourth-order valence-corrected chi connectivity index (χ4v) is 1.79. The van der Waals surface area contributed by atoms with Crippen molar-refractivity contribution in [3.8, 4) is 0 Å². The highest BCUT2D eigenvalue weighted by molar-refractivity contribution is 6.20. The number of hydrogen-bond acceptors (Lipinski definition) is 2. The maximum atomic E-state index is 6.26.